The van der Waals surface area contributed by atoms with Gasteiger partial charge in [-0.3, -0.25) is 0 Å². The van der Waals surface area contributed by atoms with Crippen LogP contribution in [0.25, 0.3) is 0 Å². The molecule has 0 aliphatic rings. The molecule has 0 aliphatic carbocycles. The summed E-state index contributed by atoms with van der Waals surface area (Å²) in [6, 6.07) is 11.5. The Balaban J connectivity index is 2.44. The number of rotatable bonds is 5. The number of halogens is 4. The van der Waals surface area contributed by atoms with Crippen molar-refractivity contribution in [3.05, 3.63) is 71.8 Å². The van der Waals surface area contributed by atoms with Crippen LogP contribution in [0, 0.1) is 0 Å². The minimum atomic E-state index is -1.76. The van der Waals surface area contributed by atoms with Crippen LogP contribution in [-0.4, -0.2) is 10.7 Å². The fourth-order valence-corrected chi connectivity index (χ4v) is 2.10. The van der Waals surface area contributed by atoms with Gasteiger partial charge in [0.25, 0.3) is 0 Å². The van der Waals surface area contributed by atoms with E-state index in [2.05, 4.69) is 0 Å². The Hall–Kier alpha value is -1.92. The molecule has 20 heavy (non-hydrogen) atoms. The zero-order chi connectivity index (χ0) is 14.5. The van der Waals surface area contributed by atoms with Gasteiger partial charge in [-0.2, -0.15) is 0 Å². The summed E-state index contributed by atoms with van der Waals surface area (Å²) in [4.78, 5) is 0. The largest absolute Gasteiger partial charge is 0.123 e. The molecule has 2 atom stereocenters. The molecule has 0 heterocycles. The van der Waals surface area contributed by atoms with E-state index in [9.17, 15) is 17.9 Å². The lowest BCUT2D eigenvalue weighted by Gasteiger charge is -2.27. The lowest BCUT2D eigenvalue weighted by Crippen LogP contribution is -2.27. The molecule has 0 fully saturated rings. The Morgan fingerprint density at radius 3 is 1.10 bits per heavy atom. The SMILES string of the molecule is FN(F)C(c1ccccc1)C(c1ccccc1)N(F)F. The minimum absolute atomic E-state index is 0.117. The van der Waals surface area contributed by atoms with E-state index in [4.69, 9.17) is 0 Å². The number of benzene rings is 2. The van der Waals surface area contributed by atoms with Crippen molar-refractivity contribution >= 4 is 0 Å². The van der Waals surface area contributed by atoms with Gasteiger partial charge >= 0.3 is 0 Å². The molecule has 0 spiro atoms. The Labute approximate surface area is 113 Å². The van der Waals surface area contributed by atoms with Crippen LogP contribution in [0.2, 0.25) is 0 Å². The average Bonchev–Trinajstić information content (AvgIpc) is 2.45. The van der Waals surface area contributed by atoms with Crippen LogP contribution in [0.4, 0.5) is 17.9 Å². The van der Waals surface area contributed by atoms with Crippen LogP contribution < -0.4 is 0 Å². The van der Waals surface area contributed by atoms with Gasteiger partial charge in [-0.25, -0.2) is 0 Å². The van der Waals surface area contributed by atoms with Crippen LogP contribution in [-0.2, 0) is 0 Å². The summed E-state index contributed by atoms with van der Waals surface area (Å²) in [7, 11) is 0. The Morgan fingerprint density at radius 2 is 0.850 bits per heavy atom. The van der Waals surface area contributed by atoms with Crippen LogP contribution in [0.3, 0.4) is 0 Å². The Morgan fingerprint density at radius 1 is 0.550 bits per heavy atom. The molecule has 0 N–H and O–H groups in total. The quantitative estimate of drug-likeness (QED) is 0.584. The van der Waals surface area contributed by atoms with E-state index in [-0.39, 0.29) is 11.1 Å². The first kappa shape index (κ1) is 14.5. The van der Waals surface area contributed by atoms with Crippen LogP contribution >= 0.6 is 0 Å². The van der Waals surface area contributed by atoms with E-state index in [0.29, 0.717) is 0 Å². The van der Waals surface area contributed by atoms with E-state index >= 15 is 0 Å². The smallest absolute Gasteiger partial charge is 0.101 e. The van der Waals surface area contributed by atoms with Gasteiger partial charge in [0, 0.05) is 10.7 Å². The second-order valence-electron chi connectivity index (χ2n) is 4.23. The topological polar surface area (TPSA) is 6.48 Å². The second kappa shape index (κ2) is 6.49. The molecule has 0 aliphatic heterocycles. The standard InChI is InChI=1S/C14H12F4N2/c15-19(16)13(11-7-3-1-4-8-11)14(20(17)18)12-9-5-2-6-10-12/h1-10,13-14H. The van der Waals surface area contributed by atoms with Crippen LogP contribution in [0.15, 0.2) is 60.7 Å². The maximum Gasteiger partial charge on any atom is 0.123 e. The van der Waals surface area contributed by atoms with Gasteiger partial charge < -0.3 is 0 Å². The number of hydrogen-bond donors (Lipinski definition) is 0. The molecule has 6 heteroatoms. The van der Waals surface area contributed by atoms with Gasteiger partial charge in [0.2, 0.25) is 0 Å². The summed E-state index contributed by atoms with van der Waals surface area (Å²) < 4.78 is 52.6. The van der Waals surface area contributed by atoms with Gasteiger partial charge in [0.05, 0.1) is 0 Å². The van der Waals surface area contributed by atoms with E-state index in [1.54, 1.807) is 12.1 Å². The summed E-state index contributed by atoms with van der Waals surface area (Å²) in [6.07, 6.45) is 0. The van der Waals surface area contributed by atoms with Gasteiger partial charge in [0.1, 0.15) is 12.1 Å². The molecule has 2 aromatic rings. The fraction of sp³-hybridized carbons (Fsp3) is 0.143. The third-order valence-corrected chi connectivity index (χ3v) is 3.00. The van der Waals surface area contributed by atoms with Crippen molar-refractivity contribution in [2.45, 2.75) is 12.1 Å². The maximum absolute atomic E-state index is 13.2. The highest BCUT2D eigenvalue weighted by molar-refractivity contribution is 5.26. The predicted octanol–water partition coefficient (Wildman–Crippen LogP) is 4.61. The fourth-order valence-electron chi connectivity index (χ4n) is 2.10. The van der Waals surface area contributed by atoms with Gasteiger partial charge in [-0.15, -0.1) is 17.9 Å². The lowest BCUT2D eigenvalue weighted by atomic mass is 9.94. The average molecular weight is 284 g/mol. The molecule has 2 aromatic carbocycles. The van der Waals surface area contributed by atoms with E-state index in [1.165, 1.54) is 48.5 Å². The van der Waals surface area contributed by atoms with E-state index < -0.39 is 22.8 Å². The third-order valence-electron chi connectivity index (χ3n) is 3.00. The molecular weight excluding hydrogens is 272 g/mol. The monoisotopic (exact) mass is 284 g/mol. The maximum atomic E-state index is 13.2. The van der Waals surface area contributed by atoms with Crippen molar-refractivity contribution in [2.24, 2.45) is 0 Å². The highest BCUT2D eigenvalue weighted by atomic mass is 19.4. The first-order chi connectivity index (χ1) is 9.61. The molecule has 0 radical (unpaired) electrons. The van der Waals surface area contributed by atoms with E-state index in [0.717, 1.165) is 0 Å². The van der Waals surface area contributed by atoms with Crippen LogP contribution in [0.5, 0.6) is 0 Å². The summed E-state index contributed by atoms with van der Waals surface area (Å²) >= 11 is 0. The van der Waals surface area contributed by atoms with Gasteiger partial charge in [-0.05, 0) is 11.1 Å². The molecule has 2 nitrogen and oxygen atoms in total. The summed E-state index contributed by atoms with van der Waals surface area (Å²) in [6.45, 7) is 0. The summed E-state index contributed by atoms with van der Waals surface area (Å²) in [5.74, 6) is 0. The zero-order valence-corrected chi connectivity index (χ0v) is 10.3. The van der Waals surface area contributed by atoms with Gasteiger partial charge in [-0.1, -0.05) is 60.7 Å². The van der Waals surface area contributed by atoms with Crippen molar-refractivity contribution in [3.8, 4) is 0 Å². The molecule has 106 valence electrons. The summed E-state index contributed by atoms with van der Waals surface area (Å²) in [5.41, 5.74) is 0.235. The molecule has 2 rings (SSSR count). The zero-order valence-electron chi connectivity index (χ0n) is 10.3. The van der Waals surface area contributed by atoms with Crippen molar-refractivity contribution in [1.29, 1.82) is 0 Å². The molecule has 0 aromatic heterocycles. The highest BCUT2D eigenvalue weighted by Crippen LogP contribution is 2.39. The molecule has 0 saturated carbocycles. The lowest BCUT2D eigenvalue weighted by molar-refractivity contribution is -0.263. The molecular formula is C14H12F4N2. The second-order valence-corrected chi connectivity index (χ2v) is 4.23. The predicted molar refractivity (Wildman–Crippen MR) is 66.5 cm³/mol. The summed E-state index contributed by atoms with van der Waals surface area (Å²) in [5, 5.41) is -2.36. The van der Waals surface area contributed by atoms with Crippen molar-refractivity contribution in [3.63, 3.8) is 0 Å². The number of hydrogen-bond acceptors (Lipinski definition) is 2. The molecule has 0 amide bonds. The van der Waals surface area contributed by atoms with E-state index in [1.807, 2.05) is 0 Å². The number of nitrogens with zero attached hydrogens (tertiary/aromatic N) is 2. The highest BCUT2D eigenvalue weighted by Gasteiger charge is 2.37. The Kier molecular flexibility index (Phi) is 4.70. The molecule has 0 bridgehead atoms. The van der Waals surface area contributed by atoms with Crippen molar-refractivity contribution in [1.82, 2.24) is 10.7 Å². The van der Waals surface area contributed by atoms with Crippen molar-refractivity contribution < 1.29 is 17.9 Å². The first-order valence-corrected chi connectivity index (χ1v) is 5.92. The minimum Gasteiger partial charge on any atom is -0.101 e. The van der Waals surface area contributed by atoms with Gasteiger partial charge in [0.15, 0.2) is 0 Å². The normalized spacial score (nSPS) is 14.5. The van der Waals surface area contributed by atoms with Crippen LogP contribution in [0.1, 0.15) is 23.2 Å². The molecule has 0 saturated heterocycles. The van der Waals surface area contributed by atoms with Crippen molar-refractivity contribution in [2.75, 3.05) is 0 Å². The first-order valence-electron chi connectivity index (χ1n) is 5.92. The molecule has 2 unspecified atom stereocenters. The Bertz CT molecular complexity index is 470. The third kappa shape index (κ3) is 3.15.